The average molecular weight is 211 g/mol. The predicted octanol–water partition coefficient (Wildman–Crippen LogP) is 0.822. The molecule has 2 fully saturated rings. The SMILES string of the molecule is CC1(C)CCC1N=C(N)N1CCOCC1. The lowest BCUT2D eigenvalue weighted by Crippen LogP contribution is -2.47. The first-order valence-corrected chi connectivity index (χ1v) is 5.75. The third-order valence-corrected chi connectivity index (χ3v) is 3.59. The molecule has 0 aromatic rings. The number of hydrogen-bond donors (Lipinski definition) is 1. The minimum absolute atomic E-state index is 0.344. The van der Waals surface area contributed by atoms with Crippen LogP contribution in [0.3, 0.4) is 0 Å². The Hall–Kier alpha value is -0.770. The Morgan fingerprint density at radius 1 is 1.40 bits per heavy atom. The summed E-state index contributed by atoms with van der Waals surface area (Å²) in [6, 6.07) is 0.417. The topological polar surface area (TPSA) is 50.8 Å². The number of ether oxygens (including phenoxy) is 1. The number of rotatable bonds is 1. The highest BCUT2D eigenvalue weighted by molar-refractivity contribution is 5.78. The second-order valence-corrected chi connectivity index (χ2v) is 5.13. The Morgan fingerprint density at radius 2 is 2.07 bits per heavy atom. The van der Waals surface area contributed by atoms with Crippen LogP contribution >= 0.6 is 0 Å². The molecule has 1 atom stereocenters. The Kier molecular flexibility index (Phi) is 2.87. The number of nitrogens with two attached hydrogens (primary N) is 1. The fourth-order valence-corrected chi connectivity index (χ4v) is 2.12. The summed E-state index contributed by atoms with van der Waals surface area (Å²) in [5.74, 6) is 0.705. The lowest BCUT2D eigenvalue weighted by Gasteiger charge is -2.42. The summed E-state index contributed by atoms with van der Waals surface area (Å²) in [5, 5.41) is 0. The van der Waals surface area contributed by atoms with Crippen molar-refractivity contribution in [2.45, 2.75) is 32.7 Å². The van der Waals surface area contributed by atoms with Crippen molar-refractivity contribution >= 4 is 5.96 Å². The molecule has 1 heterocycles. The maximum absolute atomic E-state index is 6.00. The van der Waals surface area contributed by atoms with Crippen LogP contribution in [-0.2, 0) is 4.74 Å². The van der Waals surface area contributed by atoms with Gasteiger partial charge in [-0.05, 0) is 18.3 Å². The average Bonchev–Trinajstić information content (AvgIpc) is 2.25. The van der Waals surface area contributed by atoms with Crippen molar-refractivity contribution in [2.75, 3.05) is 26.3 Å². The smallest absolute Gasteiger partial charge is 0.191 e. The summed E-state index contributed by atoms with van der Waals surface area (Å²) >= 11 is 0. The maximum Gasteiger partial charge on any atom is 0.191 e. The molecule has 1 saturated heterocycles. The van der Waals surface area contributed by atoms with Gasteiger partial charge in [0.15, 0.2) is 5.96 Å². The fraction of sp³-hybridized carbons (Fsp3) is 0.909. The molecule has 15 heavy (non-hydrogen) atoms. The number of guanidine groups is 1. The molecule has 1 unspecified atom stereocenters. The van der Waals surface area contributed by atoms with Crippen molar-refractivity contribution in [2.24, 2.45) is 16.1 Å². The van der Waals surface area contributed by atoms with Gasteiger partial charge in [-0.1, -0.05) is 13.8 Å². The third-order valence-electron chi connectivity index (χ3n) is 3.59. The minimum Gasteiger partial charge on any atom is -0.378 e. The van der Waals surface area contributed by atoms with Crippen LogP contribution in [0, 0.1) is 5.41 Å². The summed E-state index contributed by atoms with van der Waals surface area (Å²) in [7, 11) is 0. The zero-order chi connectivity index (χ0) is 10.9. The zero-order valence-corrected chi connectivity index (χ0v) is 9.70. The summed E-state index contributed by atoms with van der Waals surface area (Å²) in [4.78, 5) is 6.75. The van der Waals surface area contributed by atoms with Gasteiger partial charge in [-0.25, -0.2) is 4.99 Å². The molecule has 86 valence electrons. The van der Waals surface area contributed by atoms with Gasteiger partial charge in [0.1, 0.15) is 0 Å². The first kappa shape index (κ1) is 10.7. The van der Waals surface area contributed by atoms with Gasteiger partial charge in [0, 0.05) is 13.1 Å². The van der Waals surface area contributed by atoms with Crippen molar-refractivity contribution < 1.29 is 4.74 Å². The standard InChI is InChI=1S/C11H21N3O/c1-11(2)4-3-9(11)13-10(12)14-5-7-15-8-6-14/h9H,3-8H2,1-2H3,(H2,12,13). The number of hydrogen-bond acceptors (Lipinski definition) is 2. The summed E-state index contributed by atoms with van der Waals surface area (Å²) in [6.45, 7) is 7.81. The second kappa shape index (κ2) is 4.00. The minimum atomic E-state index is 0.344. The molecule has 0 radical (unpaired) electrons. The largest absolute Gasteiger partial charge is 0.378 e. The predicted molar refractivity (Wildman–Crippen MR) is 60.8 cm³/mol. The van der Waals surface area contributed by atoms with Gasteiger partial charge in [0.2, 0.25) is 0 Å². The van der Waals surface area contributed by atoms with Gasteiger partial charge in [0.25, 0.3) is 0 Å². The first-order chi connectivity index (χ1) is 7.09. The van der Waals surface area contributed by atoms with Crippen molar-refractivity contribution in [1.82, 2.24) is 4.90 Å². The molecule has 1 aliphatic carbocycles. The molecule has 0 spiro atoms. The number of aliphatic imine (C=N–C) groups is 1. The van der Waals surface area contributed by atoms with E-state index in [0.29, 0.717) is 17.4 Å². The van der Waals surface area contributed by atoms with E-state index >= 15 is 0 Å². The molecule has 0 aromatic carbocycles. The van der Waals surface area contributed by atoms with E-state index in [1.54, 1.807) is 0 Å². The summed E-state index contributed by atoms with van der Waals surface area (Å²) in [6.07, 6.45) is 2.44. The number of nitrogens with zero attached hydrogens (tertiary/aromatic N) is 2. The molecule has 0 aromatic heterocycles. The summed E-state index contributed by atoms with van der Waals surface area (Å²) in [5.41, 5.74) is 6.34. The lowest BCUT2D eigenvalue weighted by atomic mass is 9.68. The highest BCUT2D eigenvalue weighted by Gasteiger charge is 2.38. The van der Waals surface area contributed by atoms with Crippen LogP contribution in [0.2, 0.25) is 0 Å². The van der Waals surface area contributed by atoms with Crippen molar-refractivity contribution in [1.29, 1.82) is 0 Å². The maximum atomic E-state index is 6.00. The van der Waals surface area contributed by atoms with E-state index < -0.39 is 0 Å². The molecule has 2 N–H and O–H groups in total. The fourth-order valence-electron chi connectivity index (χ4n) is 2.12. The Balaban J connectivity index is 1.94. The van der Waals surface area contributed by atoms with Gasteiger partial charge >= 0.3 is 0 Å². The summed E-state index contributed by atoms with van der Waals surface area (Å²) < 4.78 is 5.28. The van der Waals surface area contributed by atoms with E-state index in [2.05, 4.69) is 23.7 Å². The number of morpholine rings is 1. The third kappa shape index (κ3) is 2.25. The van der Waals surface area contributed by atoms with Crippen LogP contribution in [0.1, 0.15) is 26.7 Å². The highest BCUT2D eigenvalue weighted by atomic mass is 16.5. The molecule has 1 saturated carbocycles. The molecular weight excluding hydrogens is 190 g/mol. The second-order valence-electron chi connectivity index (χ2n) is 5.13. The molecule has 0 amide bonds. The Bertz CT molecular complexity index is 257. The zero-order valence-electron chi connectivity index (χ0n) is 9.70. The van der Waals surface area contributed by atoms with Gasteiger partial charge in [-0.15, -0.1) is 0 Å². The normalized spacial score (nSPS) is 31.2. The van der Waals surface area contributed by atoms with Gasteiger partial charge < -0.3 is 15.4 Å². The van der Waals surface area contributed by atoms with Crippen LogP contribution in [0.4, 0.5) is 0 Å². The van der Waals surface area contributed by atoms with Crippen LogP contribution in [0.25, 0.3) is 0 Å². The Labute approximate surface area is 91.5 Å². The van der Waals surface area contributed by atoms with E-state index in [4.69, 9.17) is 10.5 Å². The molecule has 2 aliphatic rings. The van der Waals surface area contributed by atoms with E-state index in [9.17, 15) is 0 Å². The van der Waals surface area contributed by atoms with E-state index in [1.807, 2.05) is 0 Å². The molecule has 1 aliphatic heterocycles. The monoisotopic (exact) mass is 211 g/mol. The quantitative estimate of drug-likeness (QED) is 0.516. The molecule has 4 heteroatoms. The van der Waals surface area contributed by atoms with E-state index in [-0.39, 0.29) is 0 Å². The van der Waals surface area contributed by atoms with Gasteiger partial charge in [-0.2, -0.15) is 0 Å². The van der Waals surface area contributed by atoms with Crippen LogP contribution in [0.5, 0.6) is 0 Å². The van der Waals surface area contributed by atoms with Crippen molar-refractivity contribution in [3.05, 3.63) is 0 Å². The molecular formula is C11H21N3O. The van der Waals surface area contributed by atoms with E-state index in [1.165, 1.54) is 12.8 Å². The molecule has 0 bridgehead atoms. The highest BCUT2D eigenvalue weighted by Crippen LogP contribution is 2.42. The van der Waals surface area contributed by atoms with Crippen LogP contribution in [0.15, 0.2) is 4.99 Å². The van der Waals surface area contributed by atoms with Crippen molar-refractivity contribution in [3.63, 3.8) is 0 Å². The van der Waals surface area contributed by atoms with E-state index in [0.717, 1.165) is 26.3 Å². The lowest BCUT2D eigenvalue weighted by molar-refractivity contribution is 0.0662. The Morgan fingerprint density at radius 3 is 2.53 bits per heavy atom. The molecule has 4 nitrogen and oxygen atoms in total. The molecule has 2 rings (SSSR count). The van der Waals surface area contributed by atoms with Crippen molar-refractivity contribution in [3.8, 4) is 0 Å². The van der Waals surface area contributed by atoms with Crippen LogP contribution < -0.4 is 5.73 Å². The first-order valence-electron chi connectivity index (χ1n) is 5.75. The van der Waals surface area contributed by atoms with Gasteiger partial charge in [-0.3, -0.25) is 0 Å². The van der Waals surface area contributed by atoms with Gasteiger partial charge in [0.05, 0.1) is 19.3 Å². The van der Waals surface area contributed by atoms with Crippen LogP contribution in [-0.4, -0.2) is 43.2 Å².